The van der Waals surface area contributed by atoms with Gasteiger partial charge in [0.2, 0.25) is 5.82 Å². The maximum atomic E-state index is 15.2. The maximum absolute atomic E-state index is 15.2. The highest BCUT2D eigenvalue weighted by Gasteiger charge is 2.55. The molecule has 0 bridgehead atoms. The van der Waals surface area contributed by atoms with Crippen LogP contribution in [0.4, 0.5) is 40.8 Å². The van der Waals surface area contributed by atoms with Gasteiger partial charge in [0.15, 0.2) is 11.6 Å². The second-order valence-electron chi connectivity index (χ2n) is 11.5. The Hall–Kier alpha value is -4.80. The van der Waals surface area contributed by atoms with Crippen LogP contribution >= 0.6 is 0 Å². The fraction of sp³-hybridized carbons (Fsp3) is 0.375. The highest BCUT2D eigenvalue weighted by molar-refractivity contribution is 6.24. The lowest BCUT2D eigenvalue weighted by Gasteiger charge is -2.54. The number of aromatic nitrogens is 2. The third kappa shape index (κ3) is 6.75. The molecule has 49 heavy (non-hydrogen) atoms. The largest absolute Gasteiger partial charge is 0.509 e. The van der Waals surface area contributed by atoms with E-state index in [1.807, 2.05) is 6.92 Å². The standard InChI is InChI=1S/C32H29F8N5O4/c1-3-4-12-49-22-9-6-17(25(33)26(22)34)15-45-29(48)24(27(46)30(44(45)2)10-5-11-30)28(47)43-20-8-7-18(31(35,36)37)13-19(20)21-14-23(32(38,39)40)42-16-41-21/h6-9,13-14,16,46H,3-5,10-12,15H2,1-2H3,(H,43,47). The molecule has 1 spiro atoms. The first kappa shape index (κ1) is 35.5. The number of hydrogen-bond acceptors (Lipinski definition) is 7. The molecular formula is C32H29F8N5O4. The van der Waals surface area contributed by atoms with Gasteiger partial charge in [-0.05, 0) is 56.0 Å². The fourth-order valence-electron chi connectivity index (χ4n) is 5.62. The third-order valence-electron chi connectivity index (χ3n) is 8.55. The summed E-state index contributed by atoms with van der Waals surface area (Å²) in [5, 5.41) is 15.8. The Bertz CT molecular complexity index is 1810. The molecule has 2 heterocycles. The molecule has 17 heteroatoms. The smallest absolute Gasteiger partial charge is 0.433 e. The number of unbranched alkanes of at least 4 members (excludes halogenated alkanes) is 1. The van der Waals surface area contributed by atoms with Crippen molar-refractivity contribution in [2.24, 2.45) is 0 Å². The topological polar surface area (TPSA) is 108 Å². The minimum atomic E-state index is -4.98. The van der Waals surface area contributed by atoms with Crippen LogP contribution < -0.4 is 10.1 Å². The van der Waals surface area contributed by atoms with Gasteiger partial charge in [0.05, 0.1) is 35.6 Å². The number of rotatable bonds is 9. The lowest BCUT2D eigenvalue weighted by atomic mass is 9.72. The molecule has 262 valence electrons. The predicted octanol–water partition coefficient (Wildman–Crippen LogP) is 7.20. The molecule has 0 unspecified atom stereocenters. The van der Waals surface area contributed by atoms with Crippen LogP contribution in [0, 0.1) is 11.6 Å². The summed E-state index contributed by atoms with van der Waals surface area (Å²) < 4.78 is 116. The normalized spacial score (nSPS) is 16.6. The van der Waals surface area contributed by atoms with E-state index in [1.165, 1.54) is 24.2 Å². The molecule has 2 amide bonds. The Morgan fingerprint density at radius 1 is 1.02 bits per heavy atom. The van der Waals surface area contributed by atoms with Gasteiger partial charge in [-0.1, -0.05) is 19.4 Å². The molecule has 2 aromatic carbocycles. The van der Waals surface area contributed by atoms with Crippen molar-refractivity contribution in [3.63, 3.8) is 0 Å². The summed E-state index contributed by atoms with van der Waals surface area (Å²) >= 11 is 0. The van der Waals surface area contributed by atoms with Gasteiger partial charge in [-0.2, -0.15) is 30.7 Å². The molecule has 1 aliphatic carbocycles. The lowest BCUT2D eigenvalue weighted by molar-refractivity contribution is -0.172. The summed E-state index contributed by atoms with van der Waals surface area (Å²) in [4.78, 5) is 34.3. The van der Waals surface area contributed by atoms with Gasteiger partial charge < -0.3 is 15.2 Å². The third-order valence-corrected chi connectivity index (χ3v) is 8.55. The molecule has 3 aromatic rings. The molecule has 1 aromatic heterocycles. The summed E-state index contributed by atoms with van der Waals surface area (Å²) in [6.07, 6.45) is -7.05. The zero-order valence-electron chi connectivity index (χ0n) is 26.0. The van der Waals surface area contributed by atoms with Crippen LogP contribution in [0.3, 0.4) is 0 Å². The number of halogens is 8. The van der Waals surface area contributed by atoms with Crippen molar-refractivity contribution < 1.29 is 54.6 Å². The van der Waals surface area contributed by atoms with E-state index in [1.54, 1.807) is 0 Å². The van der Waals surface area contributed by atoms with E-state index in [0.29, 0.717) is 37.4 Å². The average molecular weight is 700 g/mol. The number of carbonyl (C=O) groups excluding carboxylic acids is 2. The van der Waals surface area contributed by atoms with Gasteiger partial charge in [-0.25, -0.2) is 19.4 Å². The van der Waals surface area contributed by atoms with E-state index in [9.17, 15) is 45.4 Å². The van der Waals surface area contributed by atoms with Gasteiger partial charge in [-0.3, -0.25) is 14.6 Å². The molecular weight excluding hydrogens is 670 g/mol. The SMILES string of the molecule is CCCCOc1ccc(CN2C(=O)C(C(=O)Nc3ccc(C(F)(F)F)cc3-c3cc(C(F)(F)F)ncn3)=C(O)C3(CCC3)N2C)c(F)c1F. The molecule has 2 aliphatic rings. The van der Waals surface area contributed by atoms with Crippen molar-refractivity contribution in [3.05, 3.63) is 82.5 Å². The first-order valence-electron chi connectivity index (χ1n) is 15.0. The maximum Gasteiger partial charge on any atom is 0.433 e. The van der Waals surface area contributed by atoms with Gasteiger partial charge in [-0.15, -0.1) is 0 Å². The second-order valence-corrected chi connectivity index (χ2v) is 11.5. The second kappa shape index (κ2) is 13.2. The number of aliphatic hydroxyl groups excluding tert-OH is 1. The number of alkyl halides is 6. The minimum absolute atomic E-state index is 0.145. The number of anilines is 1. The zero-order chi connectivity index (χ0) is 35.9. The van der Waals surface area contributed by atoms with Gasteiger partial charge in [0, 0.05) is 18.2 Å². The van der Waals surface area contributed by atoms with E-state index in [-0.39, 0.29) is 30.8 Å². The number of carbonyl (C=O) groups is 2. The molecule has 2 N–H and O–H groups in total. The van der Waals surface area contributed by atoms with Crippen LogP contribution in [0.1, 0.15) is 55.8 Å². The summed E-state index contributed by atoms with van der Waals surface area (Å²) in [5.41, 5.74) is -6.88. The molecule has 0 saturated heterocycles. The number of benzene rings is 2. The number of aliphatic hydroxyl groups is 1. The molecule has 0 radical (unpaired) electrons. The van der Waals surface area contributed by atoms with E-state index < -0.39 is 87.4 Å². The molecule has 1 fully saturated rings. The summed E-state index contributed by atoms with van der Waals surface area (Å²) in [6.45, 7) is 1.44. The Morgan fingerprint density at radius 2 is 1.73 bits per heavy atom. The number of ether oxygens (including phenoxy) is 1. The minimum Gasteiger partial charge on any atom is -0.509 e. The predicted molar refractivity (Wildman–Crippen MR) is 157 cm³/mol. The van der Waals surface area contributed by atoms with Crippen LogP contribution in [-0.2, 0) is 28.5 Å². The highest BCUT2D eigenvalue weighted by Crippen LogP contribution is 2.47. The lowest BCUT2D eigenvalue weighted by Crippen LogP contribution is -2.65. The Kier molecular flexibility index (Phi) is 9.60. The monoisotopic (exact) mass is 699 g/mol. The van der Waals surface area contributed by atoms with E-state index in [4.69, 9.17) is 4.74 Å². The molecule has 5 rings (SSSR count). The Morgan fingerprint density at radius 3 is 2.35 bits per heavy atom. The van der Waals surface area contributed by atoms with Gasteiger partial charge in [0.25, 0.3) is 11.8 Å². The summed E-state index contributed by atoms with van der Waals surface area (Å²) in [7, 11) is 1.42. The molecule has 1 saturated carbocycles. The number of likely N-dealkylation sites (N-methyl/N-ethyl adjacent to an activating group) is 1. The van der Waals surface area contributed by atoms with Crippen molar-refractivity contribution >= 4 is 17.5 Å². The van der Waals surface area contributed by atoms with Crippen molar-refractivity contribution in [1.29, 1.82) is 0 Å². The first-order valence-corrected chi connectivity index (χ1v) is 15.0. The van der Waals surface area contributed by atoms with Crippen molar-refractivity contribution in [2.45, 2.75) is 63.5 Å². The van der Waals surface area contributed by atoms with Crippen molar-refractivity contribution in [3.8, 4) is 17.0 Å². The Labute approximate surface area is 274 Å². The van der Waals surface area contributed by atoms with Crippen LogP contribution in [0.5, 0.6) is 5.75 Å². The number of amides is 2. The van der Waals surface area contributed by atoms with Crippen molar-refractivity contribution in [2.75, 3.05) is 19.0 Å². The zero-order valence-corrected chi connectivity index (χ0v) is 26.0. The van der Waals surface area contributed by atoms with E-state index >= 15 is 4.39 Å². The van der Waals surface area contributed by atoms with Crippen molar-refractivity contribution in [1.82, 2.24) is 20.0 Å². The number of nitrogens with one attached hydrogen (secondary N) is 1. The van der Waals surface area contributed by atoms with Crippen LogP contribution in [0.15, 0.2) is 54.1 Å². The molecule has 9 nitrogen and oxygen atoms in total. The number of nitrogens with zero attached hydrogens (tertiary/aromatic N) is 4. The quantitative estimate of drug-likeness (QED) is 0.138. The summed E-state index contributed by atoms with van der Waals surface area (Å²) in [6, 6.07) is 4.58. The highest BCUT2D eigenvalue weighted by atomic mass is 19.4. The fourth-order valence-corrected chi connectivity index (χ4v) is 5.62. The molecule has 0 atom stereocenters. The van der Waals surface area contributed by atoms with Crippen LogP contribution in [0.25, 0.3) is 11.3 Å². The first-order chi connectivity index (χ1) is 23.0. The van der Waals surface area contributed by atoms with Gasteiger partial charge >= 0.3 is 12.4 Å². The number of hydrazine groups is 1. The Balaban J connectivity index is 1.51. The number of hydrogen-bond donors (Lipinski definition) is 2. The van der Waals surface area contributed by atoms with Gasteiger partial charge in [0.1, 0.15) is 23.4 Å². The van der Waals surface area contributed by atoms with Crippen LogP contribution in [-0.4, -0.2) is 56.1 Å². The summed E-state index contributed by atoms with van der Waals surface area (Å²) in [5.74, 6) is -6.07. The molecule has 1 aliphatic heterocycles. The van der Waals surface area contributed by atoms with Crippen LogP contribution in [0.2, 0.25) is 0 Å². The average Bonchev–Trinajstić information content (AvgIpc) is 3.01. The van der Waals surface area contributed by atoms with E-state index in [2.05, 4.69) is 15.3 Å². The van der Waals surface area contributed by atoms with E-state index in [0.717, 1.165) is 17.5 Å².